The fraction of sp³-hybridized carbons (Fsp3) is 0.320. The molecule has 1 fully saturated rings. The highest BCUT2D eigenvalue weighted by Crippen LogP contribution is 2.26. The fourth-order valence-corrected chi connectivity index (χ4v) is 3.90. The zero-order chi connectivity index (χ0) is 20.9. The van der Waals surface area contributed by atoms with Gasteiger partial charge in [0.25, 0.3) is 5.91 Å². The van der Waals surface area contributed by atoms with Gasteiger partial charge in [-0.25, -0.2) is 9.97 Å². The maximum atomic E-state index is 13.2. The van der Waals surface area contributed by atoms with Crippen LogP contribution >= 0.6 is 0 Å². The van der Waals surface area contributed by atoms with Gasteiger partial charge in [-0.15, -0.1) is 0 Å². The number of aryl methyl sites for hydroxylation is 1. The Bertz CT molecular complexity index is 1010. The number of piperidine rings is 1. The molecule has 1 amide bonds. The van der Waals surface area contributed by atoms with E-state index in [-0.39, 0.29) is 11.9 Å². The summed E-state index contributed by atoms with van der Waals surface area (Å²) in [5.74, 6) is 1.26. The molecule has 5 nitrogen and oxygen atoms in total. The molecule has 0 saturated carbocycles. The van der Waals surface area contributed by atoms with Crippen LogP contribution in [0.3, 0.4) is 0 Å². The Morgan fingerprint density at radius 2 is 1.80 bits per heavy atom. The molecule has 5 heteroatoms. The molecular weight excluding hydrogens is 372 g/mol. The molecule has 2 aromatic carbocycles. The quantitative estimate of drug-likeness (QED) is 0.659. The minimum absolute atomic E-state index is 0.0932. The Balaban J connectivity index is 1.66. The number of carbonyl (C=O) groups excluding carboxylic acids is 1. The summed E-state index contributed by atoms with van der Waals surface area (Å²) in [7, 11) is 0. The van der Waals surface area contributed by atoms with Crippen LogP contribution in [0.4, 0.5) is 5.82 Å². The van der Waals surface area contributed by atoms with E-state index in [1.54, 1.807) is 6.20 Å². The van der Waals surface area contributed by atoms with Gasteiger partial charge in [0, 0.05) is 24.8 Å². The number of anilines is 1. The van der Waals surface area contributed by atoms with Gasteiger partial charge in [0.1, 0.15) is 11.4 Å². The smallest absolute Gasteiger partial charge is 0.257 e. The van der Waals surface area contributed by atoms with Crippen molar-refractivity contribution in [1.29, 1.82) is 0 Å². The van der Waals surface area contributed by atoms with Crippen molar-refractivity contribution in [2.75, 3.05) is 18.0 Å². The second-order valence-electron chi connectivity index (χ2n) is 7.95. The second kappa shape index (κ2) is 9.08. The van der Waals surface area contributed by atoms with Crippen molar-refractivity contribution in [3.05, 3.63) is 77.5 Å². The molecule has 154 valence electrons. The number of rotatable bonds is 5. The van der Waals surface area contributed by atoms with Crippen LogP contribution in [0.1, 0.15) is 53.7 Å². The lowest BCUT2D eigenvalue weighted by Gasteiger charge is -2.29. The van der Waals surface area contributed by atoms with Crippen LogP contribution in [-0.2, 0) is 0 Å². The standard InChI is InChI=1S/C25H28N4O/c1-18-10-9-13-21(16-18)23-26-17-22(24(28-23)29-14-7-4-8-15-29)25(30)27-19(2)20-11-5-3-6-12-20/h3,5-6,9-13,16-17,19H,4,7-8,14-15H2,1-2H3,(H,27,30)/t19-/m0/s1. The largest absolute Gasteiger partial charge is 0.356 e. The number of hydrogen-bond donors (Lipinski definition) is 1. The summed E-state index contributed by atoms with van der Waals surface area (Å²) in [4.78, 5) is 24.8. The van der Waals surface area contributed by atoms with Crippen molar-refractivity contribution in [2.45, 2.75) is 39.2 Å². The molecular formula is C25H28N4O. The maximum Gasteiger partial charge on any atom is 0.257 e. The molecule has 30 heavy (non-hydrogen) atoms. The number of nitrogens with one attached hydrogen (secondary N) is 1. The van der Waals surface area contributed by atoms with Gasteiger partial charge in [0.2, 0.25) is 0 Å². The van der Waals surface area contributed by atoms with E-state index < -0.39 is 0 Å². The molecule has 4 rings (SSSR count). The minimum atomic E-state index is -0.136. The minimum Gasteiger partial charge on any atom is -0.356 e. The van der Waals surface area contributed by atoms with E-state index in [1.807, 2.05) is 49.4 Å². The average Bonchev–Trinajstić information content (AvgIpc) is 2.80. The van der Waals surface area contributed by atoms with Crippen molar-refractivity contribution in [1.82, 2.24) is 15.3 Å². The van der Waals surface area contributed by atoms with Gasteiger partial charge in [0.05, 0.1) is 6.04 Å². The Morgan fingerprint density at radius 1 is 1.03 bits per heavy atom. The SMILES string of the molecule is Cc1cccc(-c2ncc(C(=O)N[C@@H](C)c3ccccc3)c(N3CCCCC3)n2)c1. The highest BCUT2D eigenvalue weighted by Gasteiger charge is 2.23. The molecule has 1 N–H and O–H groups in total. The van der Waals surface area contributed by atoms with Crippen molar-refractivity contribution >= 4 is 11.7 Å². The molecule has 1 saturated heterocycles. The van der Waals surface area contributed by atoms with Gasteiger partial charge < -0.3 is 10.2 Å². The van der Waals surface area contributed by atoms with Crippen LogP contribution < -0.4 is 10.2 Å². The summed E-state index contributed by atoms with van der Waals surface area (Å²) < 4.78 is 0. The molecule has 3 aromatic rings. The zero-order valence-corrected chi connectivity index (χ0v) is 17.6. The first-order valence-electron chi connectivity index (χ1n) is 10.7. The molecule has 1 atom stereocenters. The lowest BCUT2D eigenvalue weighted by molar-refractivity contribution is 0.0939. The van der Waals surface area contributed by atoms with E-state index in [1.165, 1.54) is 6.42 Å². The van der Waals surface area contributed by atoms with E-state index in [0.29, 0.717) is 11.4 Å². The molecule has 0 bridgehead atoms. The number of carbonyl (C=O) groups is 1. The van der Waals surface area contributed by atoms with E-state index in [9.17, 15) is 4.79 Å². The molecule has 0 unspecified atom stereocenters. The summed E-state index contributed by atoms with van der Waals surface area (Å²) in [6, 6.07) is 18.1. The summed E-state index contributed by atoms with van der Waals surface area (Å²) in [5, 5.41) is 3.11. The fourth-order valence-electron chi connectivity index (χ4n) is 3.90. The Hall–Kier alpha value is -3.21. The summed E-state index contributed by atoms with van der Waals surface area (Å²) in [6.07, 6.45) is 5.14. The van der Waals surface area contributed by atoms with Crippen molar-refractivity contribution in [3.63, 3.8) is 0 Å². The molecule has 0 spiro atoms. The molecule has 1 aliphatic rings. The highest BCUT2D eigenvalue weighted by molar-refractivity contribution is 5.99. The van der Waals surface area contributed by atoms with Crippen molar-refractivity contribution < 1.29 is 4.79 Å². The molecule has 1 aliphatic heterocycles. The second-order valence-corrected chi connectivity index (χ2v) is 7.95. The van der Waals surface area contributed by atoms with E-state index in [2.05, 4.69) is 34.3 Å². The Kier molecular flexibility index (Phi) is 6.07. The van der Waals surface area contributed by atoms with Gasteiger partial charge in [0.15, 0.2) is 5.82 Å². The molecule has 2 heterocycles. The Morgan fingerprint density at radius 3 is 2.53 bits per heavy atom. The summed E-state index contributed by atoms with van der Waals surface area (Å²) >= 11 is 0. The lowest BCUT2D eigenvalue weighted by Crippen LogP contribution is -2.34. The van der Waals surface area contributed by atoms with Crippen molar-refractivity contribution in [3.8, 4) is 11.4 Å². The van der Waals surface area contributed by atoms with E-state index >= 15 is 0 Å². The monoisotopic (exact) mass is 400 g/mol. The molecule has 0 radical (unpaired) electrons. The third kappa shape index (κ3) is 4.51. The molecule has 0 aliphatic carbocycles. The van der Waals surface area contributed by atoms with Crippen molar-refractivity contribution in [2.24, 2.45) is 0 Å². The van der Waals surface area contributed by atoms with Crippen LogP contribution in [0.25, 0.3) is 11.4 Å². The third-order valence-corrected chi connectivity index (χ3v) is 5.59. The topological polar surface area (TPSA) is 58.1 Å². The average molecular weight is 401 g/mol. The predicted octanol–water partition coefficient (Wildman–Crippen LogP) is 4.93. The number of amides is 1. The van der Waals surface area contributed by atoms with Gasteiger partial charge in [-0.05, 0) is 44.7 Å². The van der Waals surface area contributed by atoms with Crippen LogP contribution in [0.2, 0.25) is 0 Å². The van der Waals surface area contributed by atoms with Crippen LogP contribution in [-0.4, -0.2) is 29.0 Å². The maximum absolute atomic E-state index is 13.2. The van der Waals surface area contributed by atoms with Gasteiger partial charge in [-0.1, -0.05) is 54.1 Å². The lowest BCUT2D eigenvalue weighted by atomic mass is 10.1. The normalized spacial score (nSPS) is 14.9. The number of benzene rings is 2. The first kappa shape index (κ1) is 20.1. The first-order chi connectivity index (χ1) is 14.6. The summed E-state index contributed by atoms with van der Waals surface area (Å²) in [5.41, 5.74) is 3.74. The third-order valence-electron chi connectivity index (χ3n) is 5.59. The summed E-state index contributed by atoms with van der Waals surface area (Å²) in [6.45, 7) is 5.88. The zero-order valence-electron chi connectivity index (χ0n) is 17.6. The number of hydrogen-bond acceptors (Lipinski definition) is 4. The van der Waals surface area contributed by atoms with Gasteiger partial charge in [-0.2, -0.15) is 0 Å². The number of nitrogens with zero attached hydrogens (tertiary/aromatic N) is 3. The van der Waals surface area contributed by atoms with Crippen LogP contribution in [0.5, 0.6) is 0 Å². The molecule has 1 aromatic heterocycles. The van der Waals surface area contributed by atoms with Crippen LogP contribution in [0, 0.1) is 6.92 Å². The van der Waals surface area contributed by atoms with E-state index in [0.717, 1.165) is 48.4 Å². The van der Waals surface area contributed by atoms with Crippen LogP contribution in [0.15, 0.2) is 60.8 Å². The number of aromatic nitrogens is 2. The predicted molar refractivity (Wildman–Crippen MR) is 121 cm³/mol. The van der Waals surface area contributed by atoms with Gasteiger partial charge >= 0.3 is 0 Å². The first-order valence-corrected chi connectivity index (χ1v) is 10.7. The van der Waals surface area contributed by atoms with E-state index in [4.69, 9.17) is 4.98 Å². The van der Waals surface area contributed by atoms with Gasteiger partial charge in [-0.3, -0.25) is 4.79 Å². The highest BCUT2D eigenvalue weighted by atomic mass is 16.1. The Labute approximate surface area is 178 Å².